The van der Waals surface area contributed by atoms with Crippen molar-refractivity contribution in [2.24, 2.45) is 0 Å². The highest BCUT2D eigenvalue weighted by atomic mass is 16.5. The normalized spacial score (nSPS) is 24.0. The van der Waals surface area contributed by atoms with Crippen molar-refractivity contribution in [2.75, 3.05) is 26.3 Å². The van der Waals surface area contributed by atoms with Crippen LogP contribution in [0.25, 0.3) is 0 Å². The van der Waals surface area contributed by atoms with E-state index >= 15 is 0 Å². The summed E-state index contributed by atoms with van der Waals surface area (Å²) in [6.45, 7) is 8.53. The van der Waals surface area contributed by atoms with Gasteiger partial charge in [0.15, 0.2) is 0 Å². The van der Waals surface area contributed by atoms with E-state index in [4.69, 9.17) is 4.74 Å². The molecule has 2 nitrogen and oxygen atoms in total. The molecule has 1 aliphatic heterocycles. The van der Waals surface area contributed by atoms with E-state index in [0.29, 0.717) is 0 Å². The van der Waals surface area contributed by atoms with Crippen LogP contribution in [0.5, 0.6) is 0 Å². The fourth-order valence-corrected chi connectivity index (χ4v) is 2.18. The van der Waals surface area contributed by atoms with Gasteiger partial charge in [-0.3, -0.25) is 4.90 Å². The van der Waals surface area contributed by atoms with Crippen molar-refractivity contribution < 1.29 is 4.74 Å². The summed E-state index contributed by atoms with van der Waals surface area (Å²) in [6.07, 6.45) is 5.47. The van der Waals surface area contributed by atoms with Crippen molar-refractivity contribution in [1.29, 1.82) is 0 Å². The maximum Gasteiger partial charge on any atom is 0.0593 e. The lowest BCUT2D eigenvalue weighted by Gasteiger charge is -2.23. The third-order valence-electron chi connectivity index (χ3n) is 2.85. The monoisotopic (exact) mass is 185 g/mol. The first-order chi connectivity index (χ1) is 6.38. The Morgan fingerprint density at radius 2 is 2.23 bits per heavy atom. The zero-order valence-corrected chi connectivity index (χ0v) is 9.09. The van der Waals surface area contributed by atoms with Crippen molar-refractivity contribution in [1.82, 2.24) is 4.90 Å². The summed E-state index contributed by atoms with van der Waals surface area (Å²) < 4.78 is 5.38. The van der Waals surface area contributed by atoms with Gasteiger partial charge in [0.05, 0.1) is 6.61 Å². The lowest BCUT2D eigenvalue weighted by Crippen LogP contribution is -2.32. The predicted molar refractivity (Wildman–Crippen MR) is 56.0 cm³/mol. The second kappa shape index (κ2) is 6.39. The number of ether oxygens (including phenoxy) is 1. The molecule has 1 rings (SSSR count). The molecule has 0 aromatic heterocycles. The highest BCUT2D eigenvalue weighted by Gasteiger charge is 2.22. The highest BCUT2D eigenvalue weighted by Crippen LogP contribution is 2.20. The van der Waals surface area contributed by atoms with Gasteiger partial charge >= 0.3 is 0 Å². The summed E-state index contributed by atoms with van der Waals surface area (Å²) in [4.78, 5) is 2.60. The second-order valence-electron chi connectivity index (χ2n) is 3.82. The first-order valence-electron chi connectivity index (χ1n) is 5.70. The highest BCUT2D eigenvalue weighted by molar-refractivity contribution is 4.78. The van der Waals surface area contributed by atoms with E-state index in [0.717, 1.165) is 25.8 Å². The Kier molecular flexibility index (Phi) is 5.40. The minimum absolute atomic E-state index is 0.852. The first kappa shape index (κ1) is 11.0. The van der Waals surface area contributed by atoms with Crippen LogP contribution in [0, 0.1) is 0 Å². The topological polar surface area (TPSA) is 12.5 Å². The van der Waals surface area contributed by atoms with E-state index in [1.807, 2.05) is 0 Å². The van der Waals surface area contributed by atoms with Crippen molar-refractivity contribution in [3.63, 3.8) is 0 Å². The molecule has 13 heavy (non-hydrogen) atoms. The predicted octanol–water partition coefficient (Wildman–Crippen LogP) is 2.29. The minimum Gasteiger partial charge on any atom is -0.380 e. The lowest BCUT2D eigenvalue weighted by atomic mass is 10.1. The second-order valence-corrected chi connectivity index (χ2v) is 3.82. The summed E-state index contributed by atoms with van der Waals surface area (Å²) in [6, 6.07) is 0.852. The van der Waals surface area contributed by atoms with Crippen LogP contribution in [-0.4, -0.2) is 37.2 Å². The molecule has 0 aromatic rings. The van der Waals surface area contributed by atoms with Crippen LogP contribution in [0.15, 0.2) is 0 Å². The molecule has 0 saturated carbocycles. The van der Waals surface area contributed by atoms with Gasteiger partial charge in [0.1, 0.15) is 0 Å². The Balaban J connectivity index is 2.15. The number of rotatable bonds is 6. The van der Waals surface area contributed by atoms with E-state index in [2.05, 4.69) is 18.7 Å². The van der Waals surface area contributed by atoms with Gasteiger partial charge in [-0.05, 0) is 32.7 Å². The standard InChI is InChI=1S/C11H23NO/c1-3-6-11-7-5-8-12(11)9-10-13-4-2/h11H,3-10H2,1-2H3. The minimum atomic E-state index is 0.852. The quantitative estimate of drug-likeness (QED) is 0.589. The Hall–Kier alpha value is -0.0800. The largest absolute Gasteiger partial charge is 0.380 e. The van der Waals surface area contributed by atoms with E-state index in [1.165, 1.54) is 32.2 Å². The molecule has 0 radical (unpaired) electrons. The molecular weight excluding hydrogens is 162 g/mol. The molecule has 1 fully saturated rings. The Morgan fingerprint density at radius 1 is 1.38 bits per heavy atom. The summed E-state index contributed by atoms with van der Waals surface area (Å²) in [7, 11) is 0. The number of likely N-dealkylation sites (tertiary alicyclic amines) is 1. The molecule has 0 bridgehead atoms. The molecule has 1 aliphatic rings. The third kappa shape index (κ3) is 3.65. The van der Waals surface area contributed by atoms with Gasteiger partial charge in [-0.25, -0.2) is 0 Å². The maximum absolute atomic E-state index is 5.38. The van der Waals surface area contributed by atoms with E-state index in [-0.39, 0.29) is 0 Å². The van der Waals surface area contributed by atoms with Crippen LogP contribution in [-0.2, 0) is 4.74 Å². The third-order valence-corrected chi connectivity index (χ3v) is 2.85. The lowest BCUT2D eigenvalue weighted by molar-refractivity contribution is 0.107. The van der Waals surface area contributed by atoms with Gasteiger partial charge in [0.25, 0.3) is 0 Å². The smallest absolute Gasteiger partial charge is 0.0593 e. The molecule has 0 spiro atoms. The average Bonchev–Trinajstić information content (AvgIpc) is 2.54. The molecule has 2 heteroatoms. The number of hydrogen-bond acceptors (Lipinski definition) is 2. The molecule has 1 heterocycles. The van der Waals surface area contributed by atoms with Crippen molar-refractivity contribution in [2.45, 2.75) is 45.6 Å². The molecule has 1 unspecified atom stereocenters. The van der Waals surface area contributed by atoms with Crippen molar-refractivity contribution in [3.05, 3.63) is 0 Å². The van der Waals surface area contributed by atoms with Gasteiger partial charge in [-0.1, -0.05) is 13.3 Å². The zero-order valence-electron chi connectivity index (χ0n) is 9.09. The van der Waals surface area contributed by atoms with Crippen molar-refractivity contribution >= 4 is 0 Å². The first-order valence-corrected chi connectivity index (χ1v) is 5.70. The summed E-state index contributed by atoms with van der Waals surface area (Å²) in [5.41, 5.74) is 0. The Bertz CT molecular complexity index is 127. The van der Waals surface area contributed by atoms with Gasteiger partial charge in [-0.2, -0.15) is 0 Å². The van der Waals surface area contributed by atoms with Crippen LogP contribution < -0.4 is 0 Å². The molecule has 1 saturated heterocycles. The summed E-state index contributed by atoms with van der Waals surface area (Å²) >= 11 is 0. The zero-order chi connectivity index (χ0) is 9.52. The molecule has 0 aromatic carbocycles. The van der Waals surface area contributed by atoms with Gasteiger partial charge in [0.2, 0.25) is 0 Å². The summed E-state index contributed by atoms with van der Waals surface area (Å²) in [5.74, 6) is 0. The molecule has 78 valence electrons. The number of nitrogens with zero attached hydrogens (tertiary/aromatic N) is 1. The van der Waals surface area contributed by atoms with Crippen molar-refractivity contribution in [3.8, 4) is 0 Å². The van der Waals surface area contributed by atoms with E-state index < -0.39 is 0 Å². The fourth-order valence-electron chi connectivity index (χ4n) is 2.18. The van der Waals surface area contributed by atoms with E-state index in [9.17, 15) is 0 Å². The SMILES string of the molecule is CCCC1CCCN1CCOCC. The van der Waals surface area contributed by atoms with E-state index in [1.54, 1.807) is 0 Å². The Morgan fingerprint density at radius 3 is 2.92 bits per heavy atom. The maximum atomic E-state index is 5.38. The molecular formula is C11H23NO. The van der Waals surface area contributed by atoms with Crippen LogP contribution in [0.4, 0.5) is 0 Å². The van der Waals surface area contributed by atoms with Crippen LogP contribution >= 0.6 is 0 Å². The summed E-state index contributed by atoms with van der Waals surface area (Å²) in [5, 5.41) is 0. The van der Waals surface area contributed by atoms with Gasteiger partial charge in [0, 0.05) is 19.2 Å². The van der Waals surface area contributed by atoms with Crippen LogP contribution in [0.1, 0.15) is 39.5 Å². The van der Waals surface area contributed by atoms with Crippen LogP contribution in [0.3, 0.4) is 0 Å². The number of hydrogen-bond donors (Lipinski definition) is 0. The average molecular weight is 185 g/mol. The molecule has 0 N–H and O–H groups in total. The molecule has 0 aliphatic carbocycles. The molecule has 0 amide bonds. The van der Waals surface area contributed by atoms with Gasteiger partial charge in [-0.15, -0.1) is 0 Å². The molecule has 1 atom stereocenters. The Labute approximate surface area is 82.3 Å². The fraction of sp³-hybridized carbons (Fsp3) is 1.00. The van der Waals surface area contributed by atoms with Crippen LogP contribution in [0.2, 0.25) is 0 Å². The van der Waals surface area contributed by atoms with Gasteiger partial charge < -0.3 is 4.74 Å².